The van der Waals surface area contributed by atoms with Crippen LogP contribution in [0.3, 0.4) is 0 Å². The van der Waals surface area contributed by atoms with Crippen molar-refractivity contribution < 1.29 is 9.53 Å². The monoisotopic (exact) mass is 257 g/mol. The highest BCUT2D eigenvalue weighted by molar-refractivity contribution is 9.10. The molecule has 1 aromatic carbocycles. The van der Waals surface area contributed by atoms with Gasteiger partial charge in [0.15, 0.2) is 0 Å². The third-order valence-corrected chi connectivity index (χ3v) is 2.31. The average Bonchev–Trinajstić information content (AvgIpc) is 2.08. The summed E-state index contributed by atoms with van der Waals surface area (Å²) in [5.74, 6) is 0.380. The van der Waals surface area contributed by atoms with Gasteiger partial charge in [0.05, 0.1) is 17.5 Å². The fourth-order valence-corrected chi connectivity index (χ4v) is 1.59. The van der Waals surface area contributed by atoms with Crippen LogP contribution in [0.15, 0.2) is 22.7 Å². The normalized spacial score (nSPS) is 9.86. The van der Waals surface area contributed by atoms with E-state index in [1.807, 2.05) is 25.1 Å². The second-order valence-electron chi connectivity index (χ2n) is 3.00. The Labute approximate surface area is 91.4 Å². The molecular weight excluding hydrogens is 246 g/mol. The lowest BCUT2D eigenvalue weighted by Gasteiger charge is -2.07. The Kier molecular flexibility index (Phi) is 3.95. The van der Waals surface area contributed by atoms with Gasteiger partial charge in [-0.05, 0) is 40.5 Å². The summed E-state index contributed by atoms with van der Waals surface area (Å²) >= 11 is 3.37. The summed E-state index contributed by atoms with van der Waals surface area (Å²) in [5, 5.41) is 0. The van der Waals surface area contributed by atoms with Crippen LogP contribution in [0.2, 0.25) is 0 Å². The molecule has 4 heteroatoms. The highest BCUT2D eigenvalue weighted by Crippen LogP contribution is 2.25. The molecule has 0 aliphatic carbocycles. The number of primary amides is 1. The van der Waals surface area contributed by atoms with Gasteiger partial charge in [0.2, 0.25) is 5.91 Å². The minimum absolute atomic E-state index is 0.236. The number of benzene rings is 1. The summed E-state index contributed by atoms with van der Waals surface area (Å²) in [4.78, 5) is 10.5. The molecule has 2 N–H and O–H groups in total. The van der Waals surface area contributed by atoms with Crippen molar-refractivity contribution in [2.24, 2.45) is 5.73 Å². The Morgan fingerprint density at radius 3 is 2.86 bits per heavy atom. The second-order valence-corrected chi connectivity index (χ2v) is 3.85. The number of carbonyl (C=O) groups excluding carboxylic acids is 1. The van der Waals surface area contributed by atoms with Crippen LogP contribution in [-0.2, 0) is 4.79 Å². The summed E-state index contributed by atoms with van der Waals surface area (Å²) in [6.45, 7) is 2.31. The minimum atomic E-state index is -0.353. The lowest BCUT2D eigenvalue weighted by atomic mass is 10.2. The first kappa shape index (κ1) is 11.0. The van der Waals surface area contributed by atoms with Crippen molar-refractivity contribution in [3.05, 3.63) is 28.2 Å². The molecule has 14 heavy (non-hydrogen) atoms. The molecule has 76 valence electrons. The zero-order chi connectivity index (χ0) is 10.6. The van der Waals surface area contributed by atoms with E-state index in [1.54, 1.807) is 0 Å². The number of hydrogen-bond donors (Lipinski definition) is 1. The number of hydrogen-bond acceptors (Lipinski definition) is 2. The molecule has 0 heterocycles. The van der Waals surface area contributed by atoms with Gasteiger partial charge in [-0.1, -0.05) is 6.07 Å². The molecule has 0 aliphatic heterocycles. The molecule has 0 fully saturated rings. The van der Waals surface area contributed by atoms with Gasteiger partial charge in [-0.2, -0.15) is 0 Å². The van der Waals surface area contributed by atoms with Crippen LogP contribution in [0.1, 0.15) is 12.0 Å². The van der Waals surface area contributed by atoms with Gasteiger partial charge in [-0.3, -0.25) is 4.79 Å². The molecule has 0 aliphatic rings. The second kappa shape index (κ2) is 5.00. The first-order valence-electron chi connectivity index (χ1n) is 4.27. The molecule has 0 spiro atoms. The van der Waals surface area contributed by atoms with Gasteiger partial charge in [0, 0.05) is 0 Å². The first-order valence-corrected chi connectivity index (χ1v) is 5.06. The van der Waals surface area contributed by atoms with Crippen LogP contribution in [-0.4, -0.2) is 12.5 Å². The molecule has 3 nitrogen and oxygen atoms in total. The van der Waals surface area contributed by atoms with Crippen LogP contribution in [0.25, 0.3) is 0 Å². The van der Waals surface area contributed by atoms with Crippen molar-refractivity contribution in [1.29, 1.82) is 0 Å². The van der Waals surface area contributed by atoms with Gasteiger partial charge < -0.3 is 10.5 Å². The number of carbonyl (C=O) groups is 1. The number of aryl methyl sites for hydroxylation is 1. The third kappa shape index (κ3) is 3.38. The zero-order valence-corrected chi connectivity index (χ0v) is 9.50. The number of amides is 1. The van der Waals surface area contributed by atoms with Crippen LogP contribution in [0.5, 0.6) is 5.75 Å². The quantitative estimate of drug-likeness (QED) is 0.898. The summed E-state index contributed by atoms with van der Waals surface area (Å²) in [7, 11) is 0. The maximum atomic E-state index is 10.5. The fourth-order valence-electron chi connectivity index (χ4n) is 0.985. The van der Waals surface area contributed by atoms with E-state index in [2.05, 4.69) is 15.9 Å². The summed E-state index contributed by atoms with van der Waals surface area (Å²) in [6, 6.07) is 5.77. The Morgan fingerprint density at radius 1 is 1.57 bits per heavy atom. The summed E-state index contributed by atoms with van der Waals surface area (Å²) in [5.41, 5.74) is 6.14. The lowest BCUT2D eigenvalue weighted by molar-refractivity contribution is -0.118. The number of halogens is 1. The predicted octanol–water partition coefficient (Wildman–Crippen LogP) is 2.01. The van der Waals surface area contributed by atoms with E-state index in [1.165, 1.54) is 0 Å². The molecule has 0 atom stereocenters. The largest absolute Gasteiger partial charge is 0.492 e. The Morgan fingerprint density at radius 2 is 2.29 bits per heavy atom. The van der Waals surface area contributed by atoms with E-state index in [9.17, 15) is 4.79 Å². The van der Waals surface area contributed by atoms with Crippen molar-refractivity contribution in [1.82, 2.24) is 0 Å². The fraction of sp³-hybridized carbons (Fsp3) is 0.300. The van der Waals surface area contributed by atoms with Crippen molar-refractivity contribution in [3.63, 3.8) is 0 Å². The molecule has 1 rings (SSSR count). The van der Waals surface area contributed by atoms with E-state index in [0.29, 0.717) is 6.61 Å². The van der Waals surface area contributed by atoms with Crippen molar-refractivity contribution >= 4 is 21.8 Å². The van der Waals surface area contributed by atoms with Gasteiger partial charge >= 0.3 is 0 Å². The average molecular weight is 258 g/mol. The van der Waals surface area contributed by atoms with Gasteiger partial charge in [-0.15, -0.1) is 0 Å². The molecule has 0 bridgehead atoms. The molecule has 1 aromatic rings. The number of ether oxygens (including phenoxy) is 1. The third-order valence-electron chi connectivity index (χ3n) is 1.69. The Bertz CT molecular complexity index is 339. The van der Waals surface area contributed by atoms with Gasteiger partial charge in [0.1, 0.15) is 5.75 Å². The molecular formula is C10H12BrNO2. The van der Waals surface area contributed by atoms with Crippen LogP contribution >= 0.6 is 15.9 Å². The van der Waals surface area contributed by atoms with E-state index in [4.69, 9.17) is 10.5 Å². The number of rotatable bonds is 4. The highest BCUT2D eigenvalue weighted by atomic mass is 79.9. The first-order chi connectivity index (χ1) is 6.59. The van der Waals surface area contributed by atoms with Crippen molar-refractivity contribution in [2.75, 3.05) is 6.61 Å². The maximum Gasteiger partial charge on any atom is 0.220 e. The van der Waals surface area contributed by atoms with Gasteiger partial charge in [0.25, 0.3) is 0 Å². The standard InChI is InChI=1S/C10H12BrNO2/c1-7-2-3-9(8(11)6-7)14-5-4-10(12)13/h2-3,6H,4-5H2,1H3,(H2,12,13). The summed E-state index contributed by atoms with van der Waals surface area (Å²) < 4.78 is 6.25. The van der Waals surface area contributed by atoms with E-state index < -0.39 is 0 Å². The SMILES string of the molecule is Cc1ccc(OCCC(N)=O)c(Br)c1. The summed E-state index contributed by atoms with van der Waals surface area (Å²) in [6.07, 6.45) is 0.236. The molecule has 0 aromatic heterocycles. The number of nitrogens with two attached hydrogens (primary N) is 1. The smallest absolute Gasteiger partial charge is 0.220 e. The molecule has 0 unspecified atom stereocenters. The Balaban J connectivity index is 2.55. The van der Waals surface area contributed by atoms with Crippen molar-refractivity contribution in [2.45, 2.75) is 13.3 Å². The van der Waals surface area contributed by atoms with Crippen LogP contribution in [0.4, 0.5) is 0 Å². The maximum absolute atomic E-state index is 10.5. The molecule has 0 radical (unpaired) electrons. The van der Waals surface area contributed by atoms with E-state index >= 15 is 0 Å². The zero-order valence-electron chi connectivity index (χ0n) is 7.92. The predicted molar refractivity (Wildman–Crippen MR) is 58.2 cm³/mol. The topological polar surface area (TPSA) is 52.3 Å². The molecule has 0 saturated heterocycles. The lowest BCUT2D eigenvalue weighted by Crippen LogP contribution is -2.14. The molecule has 1 amide bonds. The van der Waals surface area contributed by atoms with Crippen LogP contribution < -0.4 is 10.5 Å². The van der Waals surface area contributed by atoms with Crippen molar-refractivity contribution in [3.8, 4) is 5.75 Å². The van der Waals surface area contributed by atoms with E-state index in [-0.39, 0.29) is 12.3 Å². The van der Waals surface area contributed by atoms with E-state index in [0.717, 1.165) is 15.8 Å². The van der Waals surface area contributed by atoms with Gasteiger partial charge in [-0.25, -0.2) is 0 Å². The minimum Gasteiger partial charge on any atom is -0.492 e. The Hall–Kier alpha value is -1.03. The highest BCUT2D eigenvalue weighted by Gasteiger charge is 2.01. The molecule has 0 saturated carbocycles. The van der Waals surface area contributed by atoms with Crippen LogP contribution in [0, 0.1) is 6.92 Å².